The largest absolute Gasteiger partial charge is 0.493 e. The summed E-state index contributed by atoms with van der Waals surface area (Å²) in [4.78, 5) is 33.6. The quantitative estimate of drug-likeness (QED) is 0.395. The van der Waals surface area contributed by atoms with Crippen LogP contribution in [-0.2, 0) is 0 Å². The molecule has 4 aromatic rings. The van der Waals surface area contributed by atoms with Gasteiger partial charge in [0.1, 0.15) is 11.4 Å². The third-order valence-electron chi connectivity index (χ3n) is 6.44. The average Bonchev–Trinajstić information content (AvgIpc) is 3.13. The highest BCUT2D eigenvalue weighted by atomic mass is 16.5. The molecule has 0 aliphatic carbocycles. The van der Waals surface area contributed by atoms with E-state index in [-0.39, 0.29) is 11.2 Å². The van der Waals surface area contributed by atoms with Gasteiger partial charge in [0.2, 0.25) is 5.76 Å². The van der Waals surface area contributed by atoms with Gasteiger partial charge in [0.15, 0.2) is 16.9 Å². The fourth-order valence-electron chi connectivity index (χ4n) is 4.56. The van der Waals surface area contributed by atoms with Crippen molar-refractivity contribution in [2.75, 3.05) is 18.6 Å². The summed E-state index contributed by atoms with van der Waals surface area (Å²) in [6.07, 6.45) is 1.65. The molecule has 1 amide bonds. The van der Waals surface area contributed by atoms with E-state index in [1.165, 1.54) is 4.90 Å². The van der Waals surface area contributed by atoms with E-state index < -0.39 is 11.9 Å². The molecule has 7 nitrogen and oxygen atoms in total. The van der Waals surface area contributed by atoms with Crippen LogP contribution in [0.3, 0.4) is 0 Å². The minimum absolute atomic E-state index is 0.0342. The molecule has 5 rings (SSSR count). The Hall–Kier alpha value is -4.13. The normalized spacial score (nSPS) is 14.9. The van der Waals surface area contributed by atoms with Crippen molar-refractivity contribution in [2.24, 2.45) is 0 Å². The van der Waals surface area contributed by atoms with Crippen molar-refractivity contribution in [2.45, 2.75) is 33.7 Å². The van der Waals surface area contributed by atoms with Crippen molar-refractivity contribution < 1.29 is 18.7 Å². The molecule has 3 heterocycles. The molecule has 0 saturated heterocycles. The Labute approximate surface area is 202 Å². The van der Waals surface area contributed by atoms with Crippen molar-refractivity contribution in [1.82, 2.24) is 4.98 Å². The third-order valence-corrected chi connectivity index (χ3v) is 6.44. The van der Waals surface area contributed by atoms with E-state index in [0.717, 1.165) is 16.7 Å². The second-order valence-corrected chi connectivity index (χ2v) is 8.72. The van der Waals surface area contributed by atoms with Crippen LogP contribution in [0.25, 0.3) is 11.0 Å². The van der Waals surface area contributed by atoms with Crippen LogP contribution in [0.2, 0.25) is 0 Å². The molecule has 1 aliphatic heterocycles. The minimum Gasteiger partial charge on any atom is -0.493 e. The molecule has 0 spiro atoms. The molecule has 35 heavy (non-hydrogen) atoms. The van der Waals surface area contributed by atoms with Crippen LogP contribution in [0, 0.1) is 20.8 Å². The number of methoxy groups -OCH3 is 1. The molecule has 1 atom stereocenters. The fourth-order valence-corrected chi connectivity index (χ4v) is 4.56. The highest BCUT2D eigenvalue weighted by molar-refractivity contribution is 6.10. The number of carbonyl (C=O) groups excluding carboxylic acids is 1. The van der Waals surface area contributed by atoms with Crippen molar-refractivity contribution >= 4 is 22.7 Å². The van der Waals surface area contributed by atoms with Crippen LogP contribution in [0.4, 0.5) is 5.82 Å². The minimum atomic E-state index is -0.737. The number of nitrogens with zero attached hydrogens (tertiary/aromatic N) is 2. The SMILES string of the molecule is CCOc1ccc(C2c3c(oc4cc(C)c(C)cc4c3=O)C(=O)N2c2cc(C)ccn2)cc1OC. The predicted octanol–water partition coefficient (Wildman–Crippen LogP) is 5.27. The number of aryl methyl sites for hydroxylation is 3. The van der Waals surface area contributed by atoms with Crippen LogP contribution in [0.5, 0.6) is 11.5 Å². The summed E-state index contributed by atoms with van der Waals surface area (Å²) in [5.41, 5.74) is 4.05. The predicted molar refractivity (Wildman–Crippen MR) is 134 cm³/mol. The van der Waals surface area contributed by atoms with E-state index in [9.17, 15) is 9.59 Å². The summed E-state index contributed by atoms with van der Waals surface area (Å²) >= 11 is 0. The number of carbonyl (C=O) groups is 1. The zero-order valence-electron chi connectivity index (χ0n) is 20.3. The number of pyridine rings is 1. The summed E-state index contributed by atoms with van der Waals surface area (Å²) in [5.74, 6) is 1.16. The molecule has 0 radical (unpaired) electrons. The first kappa shape index (κ1) is 22.7. The Morgan fingerprint density at radius 2 is 1.77 bits per heavy atom. The standard InChI is InChI=1S/C28H26N2O5/c1-6-34-20-8-7-18(14-22(20)33-5)25-24-26(31)19-12-16(3)17(4)13-21(19)35-27(24)28(32)30(25)23-11-15(2)9-10-29-23/h7-14,25H,6H2,1-5H3. The van der Waals surface area contributed by atoms with Gasteiger partial charge in [-0.3, -0.25) is 14.5 Å². The lowest BCUT2D eigenvalue weighted by atomic mass is 9.97. The van der Waals surface area contributed by atoms with E-state index in [0.29, 0.717) is 46.0 Å². The highest BCUT2D eigenvalue weighted by Gasteiger charge is 2.44. The number of ether oxygens (including phenoxy) is 2. The Morgan fingerprint density at radius 1 is 1.00 bits per heavy atom. The van der Waals surface area contributed by atoms with Crippen LogP contribution < -0.4 is 19.8 Å². The number of hydrogen-bond acceptors (Lipinski definition) is 6. The van der Waals surface area contributed by atoms with Crippen molar-refractivity contribution in [3.05, 3.63) is 92.5 Å². The maximum atomic E-state index is 13.9. The first-order valence-corrected chi connectivity index (χ1v) is 11.5. The highest BCUT2D eigenvalue weighted by Crippen LogP contribution is 2.43. The molecule has 0 saturated carbocycles. The Morgan fingerprint density at radius 3 is 2.49 bits per heavy atom. The molecule has 0 fully saturated rings. The van der Waals surface area contributed by atoms with E-state index in [2.05, 4.69) is 4.98 Å². The lowest BCUT2D eigenvalue weighted by Gasteiger charge is -2.25. The van der Waals surface area contributed by atoms with Gasteiger partial charge in [-0.15, -0.1) is 0 Å². The van der Waals surface area contributed by atoms with Crippen molar-refractivity contribution in [3.8, 4) is 11.5 Å². The number of rotatable bonds is 5. The maximum Gasteiger partial charge on any atom is 0.296 e. The number of benzene rings is 2. The number of aromatic nitrogens is 1. The van der Waals surface area contributed by atoms with Gasteiger partial charge in [-0.25, -0.2) is 4.98 Å². The number of hydrogen-bond donors (Lipinski definition) is 0. The number of amides is 1. The second-order valence-electron chi connectivity index (χ2n) is 8.72. The first-order valence-electron chi connectivity index (χ1n) is 11.5. The average molecular weight is 471 g/mol. The molecule has 1 unspecified atom stereocenters. The third kappa shape index (κ3) is 3.64. The molecule has 1 aliphatic rings. The van der Waals surface area contributed by atoms with Crippen LogP contribution >= 0.6 is 0 Å². The topological polar surface area (TPSA) is 81.9 Å². The van der Waals surface area contributed by atoms with Gasteiger partial charge in [0.05, 0.1) is 30.7 Å². The van der Waals surface area contributed by atoms with Crippen LogP contribution in [0.15, 0.2) is 57.9 Å². The van der Waals surface area contributed by atoms with Gasteiger partial charge >= 0.3 is 0 Å². The van der Waals surface area contributed by atoms with Crippen molar-refractivity contribution in [3.63, 3.8) is 0 Å². The van der Waals surface area contributed by atoms with Gasteiger partial charge < -0.3 is 13.9 Å². The zero-order valence-corrected chi connectivity index (χ0v) is 20.3. The lowest BCUT2D eigenvalue weighted by molar-refractivity contribution is 0.0970. The lowest BCUT2D eigenvalue weighted by Crippen LogP contribution is -2.30. The Balaban J connectivity index is 1.80. The summed E-state index contributed by atoms with van der Waals surface area (Å²) in [6.45, 7) is 8.20. The summed E-state index contributed by atoms with van der Waals surface area (Å²) in [7, 11) is 1.56. The van der Waals surface area contributed by atoms with Gasteiger partial charge in [-0.1, -0.05) is 6.07 Å². The second kappa shape index (κ2) is 8.58. The molecule has 0 N–H and O–H groups in total. The van der Waals surface area contributed by atoms with E-state index in [1.54, 1.807) is 25.4 Å². The molecule has 2 aromatic heterocycles. The van der Waals surface area contributed by atoms with E-state index in [1.807, 2.05) is 58.0 Å². The summed E-state index contributed by atoms with van der Waals surface area (Å²) < 4.78 is 17.3. The maximum absolute atomic E-state index is 13.9. The van der Waals surface area contributed by atoms with Crippen LogP contribution in [0.1, 0.15) is 51.3 Å². The molecule has 7 heteroatoms. The van der Waals surface area contributed by atoms with Gasteiger partial charge in [-0.2, -0.15) is 0 Å². The van der Waals surface area contributed by atoms with E-state index >= 15 is 0 Å². The monoisotopic (exact) mass is 470 g/mol. The van der Waals surface area contributed by atoms with E-state index in [4.69, 9.17) is 13.9 Å². The molecular formula is C28H26N2O5. The van der Waals surface area contributed by atoms with Gasteiger partial charge in [0, 0.05) is 6.20 Å². The molecular weight excluding hydrogens is 444 g/mol. The Bertz CT molecular complexity index is 1540. The van der Waals surface area contributed by atoms with Gasteiger partial charge in [-0.05, 0) is 86.3 Å². The van der Waals surface area contributed by atoms with Crippen molar-refractivity contribution in [1.29, 1.82) is 0 Å². The smallest absolute Gasteiger partial charge is 0.296 e. The number of fused-ring (bicyclic) bond motifs is 2. The summed E-state index contributed by atoms with van der Waals surface area (Å²) in [5, 5.41) is 0.446. The first-order chi connectivity index (χ1) is 16.8. The molecule has 0 bridgehead atoms. The van der Waals surface area contributed by atoms with Crippen LogP contribution in [-0.4, -0.2) is 24.6 Å². The molecule has 2 aromatic carbocycles. The van der Waals surface area contributed by atoms with Gasteiger partial charge in [0.25, 0.3) is 5.91 Å². The Kier molecular flexibility index (Phi) is 5.55. The summed E-state index contributed by atoms with van der Waals surface area (Å²) in [6, 6.07) is 12.0. The number of anilines is 1. The fraction of sp³-hybridized carbons (Fsp3) is 0.250. The zero-order chi connectivity index (χ0) is 24.9. The molecule has 178 valence electrons.